The Morgan fingerprint density at radius 1 is 1.39 bits per heavy atom. The third kappa shape index (κ3) is 5.63. The van der Waals surface area contributed by atoms with E-state index < -0.39 is 5.41 Å². The van der Waals surface area contributed by atoms with Crippen LogP contribution < -0.4 is 0 Å². The van der Waals surface area contributed by atoms with Crippen LogP contribution in [0.4, 0.5) is 0 Å². The average molecular weight is 316 g/mol. The van der Waals surface area contributed by atoms with Crippen LogP contribution in [0, 0.1) is 5.41 Å². The van der Waals surface area contributed by atoms with E-state index in [2.05, 4.69) is 20.9 Å². The number of ether oxygens (including phenoxy) is 1. The van der Waals surface area contributed by atoms with Crippen molar-refractivity contribution in [2.45, 2.75) is 41.0 Å². The van der Waals surface area contributed by atoms with Crippen LogP contribution in [0.2, 0.25) is 0 Å². The van der Waals surface area contributed by atoms with Gasteiger partial charge < -0.3 is 4.74 Å². The average Bonchev–Trinajstić information content (AvgIpc) is 2.31. The molecule has 0 atom stereocenters. The van der Waals surface area contributed by atoms with Gasteiger partial charge in [-0.15, -0.1) is 0 Å². The molecule has 1 aromatic heterocycles. The van der Waals surface area contributed by atoms with Gasteiger partial charge in [-0.2, -0.15) is 0 Å². The van der Waals surface area contributed by atoms with E-state index in [0.29, 0.717) is 13.0 Å². The SMILES string of the molecule is CC.CCOC(=O)C(C)(C)Cc1cccc(Br)n1. The van der Waals surface area contributed by atoms with E-state index in [1.165, 1.54) is 0 Å². The number of hydrogen-bond donors (Lipinski definition) is 0. The molecule has 0 spiro atoms. The molecule has 102 valence electrons. The second kappa shape index (κ2) is 8.25. The van der Waals surface area contributed by atoms with Crippen LogP contribution in [0.15, 0.2) is 22.8 Å². The maximum Gasteiger partial charge on any atom is 0.311 e. The Morgan fingerprint density at radius 3 is 2.50 bits per heavy atom. The molecule has 0 bridgehead atoms. The van der Waals surface area contributed by atoms with Gasteiger partial charge in [-0.05, 0) is 48.8 Å². The van der Waals surface area contributed by atoms with Crippen molar-refractivity contribution in [1.82, 2.24) is 4.98 Å². The lowest BCUT2D eigenvalue weighted by atomic mass is 9.88. The first-order valence-corrected chi connectivity index (χ1v) is 7.03. The van der Waals surface area contributed by atoms with Gasteiger partial charge in [0.2, 0.25) is 0 Å². The topological polar surface area (TPSA) is 39.2 Å². The number of esters is 1. The summed E-state index contributed by atoms with van der Waals surface area (Å²) in [6, 6.07) is 5.68. The summed E-state index contributed by atoms with van der Waals surface area (Å²) in [4.78, 5) is 16.0. The van der Waals surface area contributed by atoms with Gasteiger partial charge in [0, 0.05) is 12.1 Å². The maximum absolute atomic E-state index is 11.7. The van der Waals surface area contributed by atoms with Crippen molar-refractivity contribution < 1.29 is 9.53 Å². The van der Waals surface area contributed by atoms with Gasteiger partial charge in [0.05, 0.1) is 12.0 Å². The summed E-state index contributed by atoms with van der Waals surface area (Å²) >= 11 is 3.31. The summed E-state index contributed by atoms with van der Waals surface area (Å²) in [5.74, 6) is -0.184. The first-order valence-electron chi connectivity index (χ1n) is 6.24. The molecule has 3 nitrogen and oxygen atoms in total. The number of pyridine rings is 1. The quantitative estimate of drug-likeness (QED) is 0.622. The second-order valence-electron chi connectivity index (χ2n) is 4.23. The van der Waals surface area contributed by atoms with E-state index >= 15 is 0 Å². The first kappa shape index (κ1) is 17.1. The van der Waals surface area contributed by atoms with Gasteiger partial charge in [-0.25, -0.2) is 4.98 Å². The molecule has 0 N–H and O–H groups in total. The number of aromatic nitrogens is 1. The summed E-state index contributed by atoms with van der Waals surface area (Å²) in [5.41, 5.74) is 0.344. The van der Waals surface area contributed by atoms with Crippen molar-refractivity contribution in [2.75, 3.05) is 6.61 Å². The van der Waals surface area contributed by atoms with E-state index in [-0.39, 0.29) is 5.97 Å². The third-order valence-corrected chi connectivity index (χ3v) is 2.67. The largest absolute Gasteiger partial charge is 0.466 e. The molecule has 0 unspecified atom stereocenters. The van der Waals surface area contributed by atoms with Crippen LogP contribution in [0.5, 0.6) is 0 Å². The van der Waals surface area contributed by atoms with Gasteiger partial charge in [0.15, 0.2) is 0 Å². The van der Waals surface area contributed by atoms with Crippen molar-refractivity contribution in [3.63, 3.8) is 0 Å². The molecule has 1 rings (SSSR count). The highest BCUT2D eigenvalue weighted by Gasteiger charge is 2.29. The maximum atomic E-state index is 11.7. The van der Waals surface area contributed by atoms with Gasteiger partial charge in [0.25, 0.3) is 0 Å². The number of nitrogens with zero attached hydrogens (tertiary/aromatic N) is 1. The van der Waals surface area contributed by atoms with Crippen LogP contribution in [0.3, 0.4) is 0 Å². The zero-order valence-corrected chi connectivity index (χ0v) is 13.4. The van der Waals surface area contributed by atoms with E-state index in [1.54, 1.807) is 0 Å². The minimum atomic E-state index is -0.538. The molecule has 0 aromatic carbocycles. The van der Waals surface area contributed by atoms with Crippen LogP contribution in [0.1, 0.15) is 40.3 Å². The normalized spacial score (nSPS) is 10.3. The molecule has 0 radical (unpaired) electrons. The van der Waals surface area contributed by atoms with Crippen LogP contribution in [-0.2, 0) is 16.0 Å². The van der Waals surface area contributed by atoms with Crippen LogP contribution >= 0.6 is 15.9 Å². The van der Waals surface area contributed by atoms with Crippen molar-refractivity contribution in [1.29, 1.82) is 0 Å². The Balaban J connectivity index is 0.00000137. The second-order valence-corrected chi connectivity index (χ2v) is 5.05. The van der Waals surface area contributed by atoms with E-state index in [4.69, 9.17) is 4.74 Å². The summed E-state index contributed by atoms with van der Waals surface area (Å²) in [7, 11) is 0. The predicted molar refractivity (Wildman–Crippen MR) is 77.4 cm³/mol. The Bertz CT molecular complexity index is 378. The van der Waals surface area contributed by atoms with E-state index in [0.717, 1.165) is 10.3 Å². The van der Waals surface area contributed by atoms with Crippen LogP contribution in [0.25, 0.3) is 0 Å². The van der Waals surface area contributed by atoms with Gasteiger partial charge in [-0.1, -0.05) is 19.9 Å². The van der Waals surface area contributed by atoms with Gasteiger partial charge in [0.1, 0.15) is 4.60 Å². The Kier molecular flexibility index (Phi) is 7.83. The summed E-state index contributed by atoms with van der Waals surface area (Å²) in [6.07, 6.45) is 0.575. The van der Waals surface area contributed by atoms with Crippen molar-refractivity contribution in [3.05, 3.63) is 28.5 Å². The van der Waals surface area contributed by atoms with E-state index in [9.17, 15) is 4.79 Å². The molecule has 1 aromatic rings. The first-order chi connectivity index (χ1) is 8.45. The molecule has 0 amide bonds. The lowest BCUT2D eigenvalue weighted by Crippen LogP contribution is -2.29. The monoisotopic (exact) mass is 315 g/mol. The van der Waals surface area contributed by atoms with Crippen molar-refractivity contribution >= 4 is 21.9 Å². The summed E-state index contributed by atoms with van der Waals surface area (Å²) < 4.78 is 5.81. The van der Waals surface area contributed by atoms with Crippen molar-refractivity contribution in [3.8, 4) is 0 Å². The minimum Gasteiger partial charge on any atom is -0.466 e. The fourth-order valence-electron chi connectivity index (χ4n) is 1.40. The minimum absolute atomic E-state index is 0.184. The molecule has 18 heavy (non-hydrogen) atoms. The predicted octanol–water partition coefficient (Wildman–Crippen LogP) is 4.00. The van der Waals surface area contributed by atoms with Crippen LogP contribution in [-0.4, -0.2) is 17.6 Å². The molecule has 0 fully saturated rings. The Hall–Kier alpha value is -0.900. The summed E-state index contributed by atoms with van der Waals surface area (Å²) in [5, 5.41) is 0. The molecule has 4 heteroatoms. The zero-order valence-electron chi connectivity index (χ0n) is 11.8. The Labute approximate surface area is 118 Å². The number of carbonyl (C=O) groups excluding carboxylic acids is 1. The molecule has 0 saturated heterocycles. The highest BCUT2D eigenvalue weighted by Crippen LogP contribution is 2.23. The molecular weight excluding hydrogens is 294 g/mol. The fraction of sp³-hybridized carbons (Fsp3) is 0.571. The number of hydrogen-bond acceptors (Lipinski definition) is 3. The lowest BCUT2D eigenvalue weighted by Gasteiger charge is -2.21. The Morgan fingerprint density at radius 2 is 2.00 bits per heavy atom. The number of rotatable bonds is 4. The van der Waals surface area contributed by atoms with Crippen molar-refractivity contribution in [2.24, 2.45) is 5.41 Å². The molecule has 0 saturated carbocycles. The molecule has 1 heterocycles. The molecule has 0 aliphatic heterocycles. The standard InChI is InChI=1S/C12H16BrNO2.C2H6/c1-4-16-11(15)12(2,3)8-9-6-5-7-10(13)14-9;1-2/h5-7H,4,8H2,1-3H3;1-2H3. The van der Waals surface area contributed by atoms with Gasteiger partial charge in [-0.3, -0.25) is 4.79 Å². The fourth-order valence-corrected chi connectivity index (χ4v) is 1.78. The molecule has 0 aliphatic carbocycles. The summed E-state index contributed by atoms with van der Waals surface area (Å²) in [6.45, 7) is 9.96. The third-order valence-electron chi connectivity index (χ3n) is 2.22. The van der Waals surface area contributed by atoms with Gasteiger partial charge >= 0.3 is 5.97 Å². The highest BCUT2D eigenvalue weighted by atomic mass is 79.9. The zero-order chi connectivity index (χ0) is 14.2. The highest BCUT2D eigenvalue weighted by molar-refractivity contribution is 9.10. The smallest absolute Gasteiger partial charge is 0.311 e. The lowest BCUT2D eigenvalue weighted by molar-refractivity contribution is -0.153. The number of halogens is 1. The number of carbonyl (C=O) groups is 1. The molecular formula is C14H22BrNO2. The molecule has 0 aliphatic rings. The van der Waals surface area contributed by atoms with E-state index in [1.807, 2.05) is 52.8 Å².